The predicted octanol–water partition coefficient (Wildman–Crippen LogP) is 0.154. The van der Waals surface area contributed by atoms with Gasteiger partial charge in [0.15, 0.2) is 12.1 Å². The van der Waals surface area contributed by atoms with Crippen molar-refractivity contribution in [3.63, 3.8) is 0 Å². The van der Waals surface area contributed by atoms with Gasteiger partial charge in [-0.25, -0.2) is 14.6 Å². The van der Waals surface area contributed by atoms with Gasteiger partial charge >= 0.3 is 18.6 Å². The summed E-state index contributed by atoms with van der Waals surface area (Å²) in [6, 6.07) is 6.79. The first-order valence-electron chi connectivity index (χ1n) is 13.1. The van der Waals surface area contributed by atoms with Crippen LogP contribution in [0.15, 0.2) is 48.9 Å². The molecular formula is C26H32BN5O7. The van der Waals surface area contributed by atoms with Crippen LogP contribution in [0.5, 0.6) is 0 Å². The standard InChI is InChI=1S/C26H32BN5O7/c1-16(2)11-22(27-32(3)20(25(35)38-27)14-37-15-21(32)26(36)39-27)31-23(33)18(12-17-7-5-4-6-8-17)30-24(34)19-13-28-9-10-29-19/h4-10,13,16,18,20-22H,11-12,14-15H2,1-3H3,(H,30,34)(H,31,33)/t18-,20+,21+,22-,27?,32?/m0/s1. The number of benzene rings is 1. The van der Waals surface area contributed by atoms with Crippen LogP contribution in [-0.2, 0) is 34.9 Å². The van der Waals surface area contributed by atoms with Gasteiger partial charge in [-0.2, -0.15) is 0 Å². The van der Waals surface area contributed by atoms with Gasteiger partial charge in [0, 0.05) is 25.9 Å². The number of rotatable bonds is 9. The molecule has 0 aliphatic carbocycles. The first-order chi connectivity index (χ1) is 18.7. The Morgan fingerprint density at radius 2 is 1.72 bits per heavy atom. The van der Waals surface area contributed by atoms with E-state index < -0.39 is 54.5 Å². The number of morpholine rings is 1. The van der Waals surface area contributed by atoms with Crippen molar-refractivity contribution in [1.29, 1.82) is 0 Å². The molecule has 0 radical (unpaired) electrons. The SMILES string of the molecule is CC(C)C[C@H](NC(=O)[C@H](Cc1ccccc1)NC(=O)c1cnccn1)[B-]12OC(=O)[C@H]3COC[C@H](C(=O)O1)[N+]32C. The van der Waals surface area contributed by atoms with Crippen molar-refractivity contribution >= 4 is 30.4 Å². The number of carbonyl (C=O) groups is 4. The molecule has 0 bridgehead atoms. The molecule has 2 N–H and O–H groups in total. The number of aromatic nitrogens is 2. The van der Waals surface area contributed by atoms with E-state index >= 15 is 0 Å². The van der Waals surface area contributed by atoms with Crippen molar-refractivity contribution in [2.75, 3.05) is 20.3 Å². The third-order valence-corrected chi connectivity index (χ3v) is 8.05. The van der Waals surface area contributed by atoms with Gasteiger partial charge in [0.1, 0.15) is 24.9 Å². The highest BCUT2D eigenvalue weighted by Crippen LogP contribution is 2.46. The summed E-state index contributed by atoms with van der Waals surface area (Å²) in [6.45, 7) is 1.47. The lowest BCUT2D eigenvalue weighted by Gasteiger charge is -2.51. The average Bonchev–Trinajstić information content (AvgIpc) is 3.28. The zero-order chi connectivity index (χ0) is 27.8. The number of quaternary nitrogens is 1. The molecule has 5 rings (SSSR count). The quantitative estimate of drug-likeness (QED) is 0.427. The highest BCUT2D eigenvalue weighted by Gasteiger charge is 2.77. The number of hydrogen-bond donors (Lipinski definition) is 2. The van der Waals surface area contributed by atoms with Gasteiger partial charge in [0.05, 0.1) is 12.1 Å². The van der Waals surface area contributed by atoms with E-state index in [2.05, 4.69) is 20.6 Å². The fourth-order valence-electron chi connectivity index (χ4n) is 6.05. The van der Waals surface area contributed by atoms with Gasteiger partial charge in [0.2, 0.25) is 5.91 Å². The minimum Gasteiger partial charge on any atom is -0.599 e. The molecule has 3 aliphatic rings. The summed E-state index contributed by atoms with van der Waals surface area (Å²) in [6.07, 6.45) is 4.72. The Balaban J connectivity index is 1.46. The van der Waals surface area contributed by atoms with Gasteiger partial charge in [-0.1, -0.05) is 44.2 Å². The molecule has 3 fully saturated rings. The molecule has 1 aromatic carbocycles. The maximum atomic E-state index is 13.9. The van der Waals surface area contributed by atoms with Gasteiger partial charge < -0.3 is 29.1 Å². The highest BCUT2D eigenvalue weighted by atomic mass is 16.7. The van der Waals surface area contributed by atoms with E-state index in [1.54, 1.807) is 7.05 Å². The Labute approximate surface area is 226 Å². The fourth-order valence-corrected chi connectivity index (χ4v) is 6.05. The molecule has 1 aromatic heterocycles. The number of nitrogens with zero attached hydrogens (tertiary/aromatic N) is 3. The number of nitrogens with one attached hydrogen (secondary N) is 2. The summed E-state index contributed by atoms with van der Waals surface area (Å²) in [7, 11) is 1.77. The summed E-state index contributed by atoms with van der Waals surface area (Å²) < 4.78 is 17.3. The maximum absolute atomic E-state index is 13.9. The molecule has 0 unspecified atom stereocenters. The van der Waals surface area contributed by atoms with E-state index in [9.17, 15) is 19.2 Å². The molecule has 4 heterocycles. The van der Waals surface area contributed by atoms with E-state index in [0.29, 0.717) is 6.42 Å². The Kier molecular flexibility index (Phi) is 7.12. The third kappa shape index (κ3) is 4.65. The Morgan fingerprint density at radius 1 is 1.05 bits per heavy atom. The van der Waals surface area contributed by atoms with Crippen LogP contribution in [0.1, 0.15) is 36.3 Å². The topological polar surface area (TPSA) is 146 Å². The molecular weight excluding hydrogens is 505 g/mol. The van der Waals surface area contributed by atoms with Gasteiger partial charge in [-0.3, -0.25) is 14.6 Å². The molecule has 4 atom stereocenters. The second-order valence-corrected chi connectivity index (χ2v) is 10.9. The van der Waals surface area contributed by atoms with E-state index in [1.807, 2.05) is 44.2 Å². The van der Waals surface area contributed by atoms with E-state index in [1.165, 1.54) is 18.6 Å². The van der Waals surface area contributed by atoms with E-state index in [0.717, 1.165) is 5.56 Å². The highest BCUT2D eigenvalue weighted by molar-refractivity contribution is 6.68. The number of carbonyl (C=O) groups excluding carboxylic acids is 4. The number of amides is 2. The number of likely N-dealkylation sites (N-methyl/N-ethyl adjacent to an activating group) is 1. The lowest BCUT2D eigenvalue weighted by atomic mass is 9.56. The fraction of sp³-hybridized carbons (Fsp3) is 0.462. The van der Waals surface area contributed by atoms with Gasteiger partial charge in [0.25, 0.3) is 5.91 Å². The number of ether oxygens (including phenoxy) is 1. The Hall–Kier alpha value is -3.84. The van der Waals surface area contributed by atoms with Crippen molar-refractivity contribution in [1.82, 2.24) is 20.6 Å². The molecule has 3 saturated heterocycles. The van der Waals surface area contributed by atoms with E-state index in [4.69, 9.17) is 14.0 Å². The summed E-state index contributed by atoms with van der Waals surface area (Å²) in [5.74, 6) is -2.87. The average molecular weight is 537 g/mol. The van der Waals surface area contributed by atoms with Gasteiger partial charge in [-0.15, -0.1) is 0 Å². The van der Waals surface area contributed by atoms with Crippen LogP contribution in [-0.4, -0.2) is 89.1 Å². The normalized spacial score (nSPS) is 28.7. The van der Waals surface area contributed by atoms with Crippen molar-refractivity contribution < 1.29 is 37.6 Å². The molecule has 2 amide bonds. The molecule has 3 aliphatic heterocycles. The smallest absolute Gasteiger partial charge is 0.599 e. The van der Waals surface area contributed by atoms with Crippen LogP contribution in [0, 0.1) is 5.92 Å². The maximum Gasteiger partial charge on any atom is 0.606 e. The third-order valence-electron chi connectivity index (χ3n) is 8.05. The molecule has 2 aromatic rings. The second-order valence-electron chi connectivity index (χ2n) is 10.9. The minimum absolute atomic E-state index is 0.0523. The summed E-state index contributed by atoms with van der Waals surface area (Å²) in [4.78, 5) is 60.8. The van der Waals surface area contributed by atoms with Crippen molar-refractivity contribution in [2.45, 2.75) is 50.8 Å². The first kappa shape index (κ1) is 26.8. The summed E-state index contributed by atoms with van der Waals surface area (Å²) in [5, 5.41) is 5.78. The van der Waals surface area contributed by atoms with Crippen LogP contribution >= 0.6 is 0 Å². The monoisotopic (exact) mass is 537 g/mol. The van der Waals surface area contributed by atoms with Crippen LogP contribution in [0.25, 0.3) is 0 Å². The molecule has 206 valence electrons. The number of hydrogen-bond acceptors (Lipinski definition) is 9. The zero-order valence-electron chi connectivity index (χ0n) is 22.1. The largest absolute Gasteiger partial charge is 0.606 e. The van der Waals surface area contributed by atoms with Crippen LogP contribution in [0.3, 0.4) is 0 Å². The Morgan fingerprint density at radius 3 is 2.31 bits per heavy atom. The van der Waals surface area contributed by atoms with E-state index in [-0.39, 0.29) is 35.6 Å². The van der Waals surface area contributed by atoms with Crippen LogP contribution < -0.4 is 10.6 Å². The van der Waals surface area contributed by atoms with Crippen LogP contribution in [0.4, 0.5) is 0 Å². The lowest BCUT2D eigenvalue weighted by Crippen LogP contribution is -2.77. The predicted molar refractivity (Wildman–Crippen MR) is 137 cm³/mol. The summed E-state index contributed by atoms with van der Waals surface area (Å²) >= 11 is 0. The molecule has 13 heteroatoms. The molecule has 12 nitrogen and oxygen atoms in total. The van der Waals surface area contributed by atoms with Crippen LogP contribution in [0.2, 0.25) is 0 Å². The first-order valence-corrected chi connectivity index (χ1v) is 13.1. The second kappa shape index (κ2) is 10.4. The molecule has 39 heavy (non-hydrogen) atoms. The molecule has 0 saturated carbocycles. The summed E-state index contributed by atoms with van der Waals surface area (Å²) in [5.41, 5.74) is 0.893. The zero-order valence-corrected chi connectivity index (χ0v) is 22.1. The molecule has 0 spiro atoms. The lowest BCUT2D eigenvalue weighted by molar-refractivity contribution is -0.854. The van der Waals surface area contributed by atoms with Crippen molar-refractivity contribution in [3.05, 3.63) is 60.2 Å². The minimum atomic E-state index is -2.65. The van der Waals surface area contributed by atoms with Crippen molar-refractivity contribution in [3.8, 4) is 0 Å². The van der Waals surface area contributed by atoms with Gasteiger partial charge in [-0.05, 0) is 17.9 Å². The van der Waals surface area contributed by atoms with Crippen molar-refractivity contribution in [2.24, 2.45) is 5.92 Å². The Bertz CT molecular complexity index is 1240.